The van der Waals surface area contributed by atoms with Gasteiger partial charge in [0.05, 0.1) is 18.5 Å². The number of halogens is 9. The lowest BCUT2D eigenvalue weighted by Gasteiger charge is -2.44. The lowest BCUT2D eigenvalue weighted by atomic mass is 9.75. The van der Waals surface area contributed by atoms with Crippen LogP contribution in [0.4, 0.5) is 45.3 Å². The van der Waals surface area contributed by atoms with Gasteiger partial charge in [-0.15, -0.1) is 0 Å². The van der Waals surface area contributed by atoms with Crippen molar-refractivity contribution in [3.8, 4) is 11.3 Å². The Morgan fingerprint density at radius 3 is 2.15 bits per heavy atom. The van der Waals surface area contributed by atoms with Crippen molar-refractivity contribution in [2.45, 2.75) is 55.5 Å². The number of nitrogens with one attached hydrogen (secondary N) is 1. The number of carbonyl (C=O) groups is 2. The number of carboxylic acid groups (broad SMARTS) is 1. The molecule has 1 aromatic carbocycles. The van der Waals surface area contributed by atoms with E-state index in [1.807, 2.05) is 0 Å². The quantitative estimate of drug-likeness (QED) is 0.277. The van der Waals surface area contributed by atoms with Crippen LogP contribution in [0.25, 0.3) is 11.3 Å². The van der Waals surface area contributed by atoms with Crippen molar-refractivity contribution in [1.82, 2.24) is 15.3 Å². The first kappa shape index (κ1) is 28.8. The standard InChI is InChI=1S/C20H20F6N4O4.C2HF3O2/c1-9-2-3-10(18(34,8-31)20(24,25)26)4-12(9)13-7-28-15(27)14(30-13)16(32)29-11-5-17(33,6-11)19(21,22)23;3-2(4,5)1(6)7/h2-4,7,11,31,33-34H,5-6,8H2,1H3,(H2,27,28)(H,29,32);(H,6,7)/t11?,17?,18-;/m1./s1/i1D3;. The van der Waals surface area contributed by atoms with Crippen molar-refractivity contribution in [3.05, 3.63) is 41.2 Å². The molecule has 0 unspecified atom stereocenters. The van der Waals surface area contributed by atoms with Gasteiger partial charge in [-0.3, -0.25) is 4.79 Å². The number of carbonyl (C=O) groups excluding carboxylic acids is 1. The molecule has 1 aliphatic rings. The van der Waals surface area contributed by atoms with Gasteiger partial charge in [0.1, 0.15) is 0 Å². The number of nitrogens with zero attached hydrogens (tertiary/aromatic N) is 2. The van der Waals surface area contributed by atoms with Gasteiger partial charge in [-0.25, -0.2) is 14.8 Å². The first-order chi connectivity index (χ1) is 19.7. The molecule has 7 N–H and O–H groups in total. The number of rotatable bonds is 5. The third-order valence-corrected chi connectivity index (χ3v) is 5.76. The summed E-state index contributed by atoms with van der Waals surface area (Å²) in [4.78, 5) is 29.1. The van der Waals surface area contributed by atoms with Crippen LogP contribution < -0.4 is 11.1 Å². The van der Waals surface area contributed by atoms with Crippen molar-refractivity contribution < 1.29 is 73.6 Å². The maximum atomic E-state index is 13.5. The largest absolute Gasteiger partial charge is 0.490 e. The molecule has 228 valence electrons. The first-order valence-corrected chi connectivity index (χ1v) is 10.8. The van der Waals surface area contributed by atoms with Crippen molar-refractivity contribution in [2.75, 3.05) is 12.3 Å². The van der Waals surface area contributed by atoms with E-state index in [2.05, 4.69) is 15.3 Å². The van der Waals surface area contributed by atoms with Gasteiger partial charge in [0.2, 0.25) is 5.60 Å². The fourth-order valence-corrected chi connectivity index (χ4v) is 3.40. The second-order valence-electron chi connectivity index (χ2n) is 8.68. The summed E-state index contributed by atoms with van der Waals surface area (Å²) in [7, 11) is 0. The number of aliphatic carboxylic acids is 1. The van der Waals surface area contributed by atoms with E-state index in [0.29, 0.717) is 12.1 Å². The highest BCUT2D eigenvalue weighted by atomic mass is 19.4. The highest BCUT2D eigenvalue weighted by Gasteiger charge is 2.61. The van der Waals surface area contributed by atoms with Crippen LogP contribution in [0.5, 0.6) is 0 Å². The number of alkyl halides is 9. The summed E-state index contributed by atoms with van der Waals surface area (Å²) in [6, 6.07) is 0.916. The van der Waals surface area contributed by atoms with Crippen LogP contribution in [-0.4, -0.2) is 79.0 Å². The number of aliphatic hydroxyl groups is 3. The molecule has 41 heavy (non-hydrogen) atoms. The molecule has 1 amide bonds. The zero-order chi connectivity index (χ0) is 34.3. The summed E-state index contributed by atoms with van der Waals surface area (Å²) >= 11 is 0. The maximum Gasteiger partial charge on any atom is 0.490 e. The smallest absolute Gasteiger partial charge is 0.475 e. The van der Waals surface area contributed by atoms with E-state index in [1.54, 1.807) is 0 Å². The molecular weight excluding hydrogens is 587 g/mol. The van der Waals surface area contributed by atoms with Crippen LogP contribution in [0.15, 0.2) is 24.4 Å². The number of hydrogen-bond acceptors (Lipinski definition) is 8. The van der Waals surface area contributed by atoms with Gasteiger partial charge < -0.3 is 31.5 Å². The van der Waals surface area contributed by atoms with Gasteiger partial charge in [-0.1, -0.05) is 12.1 Å². The van der Waals surface area contributed by atoms with Crippen LogP contribution in [0.3, 0.4) is 0 Å². The van der Waals surface area contributed by atoms with Crippen molar-refractivity contribution in [1.29, 1.82) is 0 Å². The van der Waals surface area contributed by atoms with Crippen molar-refractivity contribution >= 4 is 17.7 Å². The Bertz CT molecular complexity index is 1400. The summed E-state index contributed by atoms with van der Waals surface area (Å²) < 4.78 is 134. The Morgan fingerprint density at radius 1 is 1.15 bits per heavy atom. The number of hydrogen-bond donors (Lipinski definition) is 6. The molecule has 1 fully saturated rings. The molecule has 19 heteroatoms. The van der Waals surface area contributed by atoms with Crippen LogP contribution in [0, 0.1) is 6.85 Å². The lowest BCUT2D eigenvalue weighted by molar-refractivity contribution is -0.291. The Hall–Kier alpha value is -3.71. The number of amides is 1. The molecule has 1 aliphatic carbocycles. The summed E-state index contributed by atoms with van der Waals surface area (Å²) in [5.74, 6) is -4.41. The lowest BCUT2D eigenvalue weighted by Crippen LogP contribution is -2.62. The summed E-state index contributed by atoms with van der Waals surface area (Å²) in [6.07, 6.45) is -16.2. The zero-order valence-electron chi connectivity index (χ0n) is 23.0. The minimum absolute atomic E-state index is 0.463. The topological polar surface area (TPSA) is 179 Å². The van der Waals surface area contributed by atoms with E-state index in [0.717, 1.165) is 12.3 Å². The number of anilines is 1. The number of aryl methyl sites for hydroxylation is 1. The number of nitrogens with two attached hydrogens (primary N) is 1. The predicted octanol–water partition coefficient (Wildman–Crippen LogP) is 2.60. The summed E-state index contributed by atoms with van der Waals surface area (Å²) in [6.45, 7) is -4.71. The Labute approximate surface area is 227 Å². The van der Waals surface area contributed by atoms with Gasteiger partial charge in [0.25, 0.3) is 5.91 Å². The molecule has 2 aromatic rings. The van der Waals surface area contributed by atoms with E-state index < -0.39 is 108 Å². The molecule has 0 radical (unpaired) electrons. The maximum absolute atomic E-state index is 13.5. The molecule has 0 spiro atoms. The predicted molar refractivity (Wildman–Crippen MR) is 119 cm³/mol. The Kier molecular flexibility index (Phi) is 7.93. The molecule has 3 rings (SSSR count). The summed E-state index contributed by atoms with van der Waals surface area (Å²) in [5, 5.41) is 38.2. The third kappa shape index (κ3) is 7.14. The molecule has 1 saturated carbocycles. The number of benzene rings is 1. The van der Waals surface area contributed by atoms with E-state index in [-0.39, 0.29) is 0 Å². The van der Waals surface area contributed by atoms with Gasteiger partial charge >= 0.3 is 24.5 Å². The van der Waals surface area contributed by atoms with Crippen LogP contribution >= 0.6 is 0 Å². The molecule has 1 heterocycles. The van der Waals surface area contributed by atoms with Crippen molar-refractivity contribution in [2.24, 2.45) is 0 Å². The molecule has 0 aliphatic heterocycles. The highest BCUT2D eigenvalue weighted by molar-refractivity contribution is 5.97. The monoisotopic (exact) mass is 611 g/mol. The average Bonchev–Trinajstić information content (AvgIpc) is 2.85. The average molecular weight is 611 g/mol. The minimum atomic E-state index is -5.36. The molecule has 10 nitrogen and oxygen atoms in total. The highest BCUT2D eigenvalue weighted by Crippen LogP contribution is 2.45. The zero-order valence-corrected chi connectivity index (χ0v) is 20.0. The molecular formula is C22H21F9N4O6. The number of carboxylic acids is 1. The molecule has 1 aromatic heterocycles. The van der Waals surface area contributed by atoms with Gasteiger partial charge in [-0.2, -0.15) is 39.5 Å². The van der Waals surface area contributed by atoms with Gasteiger partial charge in [-0.05, 0) is 24.0 Å². The minimum Gasteiger partial charge on any atom is -0.475 e. The number of aliphatic hydroxyl groups excluding tert-OH is 1. The van der Waals surface area contributed by atoms with Crippen molar-refractivity contribution in [3.63, 3.8) is 0 Å². The van der Waals surface area contributed by atoms with Crippen LogP contribution in [-0.2, 0) is 10.4 Å². The second-order valence-corrected chi connectivity index (χ2v) is 8.68. The van der Waals surface area contributed by atoms with E-state index in [1.165, 1.54) is 0 Å². The van der Waals surface area contributed by atoms with E-state index in [4.69, 9.17) is 19.7 Å². The van der Waals surface area contributed by atoms with E-state index in [9.17, 15) is 59.6 Å². The molecule has 1 atom stereocenters. The van der Waals surface area contributed by atoms with E-state index >= 15 is 0 Å². The second kappa shape index (κ2) is 11.3. The van der Waals surface area contributed by atoms with Crippen LogP contribution in [0.2, 0.25) is 0 Å². The van der Waals surface area contributed by atoms with Gasteiger partial charge in [0.15, 0.2) is 17.1 Å². The molecule has 0 bridgehead atoms. The number of nitrogen functional groups attached to an aromatic ring is 1. The van der Waals surface area contributed by atoms with Crippen LogP contribution in [0.1, 0.15) is 38.6 Å². The third-order valence-electron chi connectivity index (χ3n) is 5.76. The fraction of sp³-hybridized carbons (Fsp3) is 0.455. The Balaban J connectivity index is 0.000000860. The Morgan fingerprint density at radius 2 is 1.71 bits per heavy atom. The first-order valence-electron chi connectivity index (χ1n) is 12.3. The SMILES string of the molecule is O=C(O)C(F)(F)F.[2H]C([2H])([2H])c1ccc([C@](O)(CO)C(F)(F)F)cc1-c1cnc(N)c(C(=O)NC2CC(O)(C(F)(F)F)C2)n1. The molecule has 0 saturated heterocycles. The summed E-state index contributed by atoms with van der Waals surface area (Å²) in [5.41, 5.74) is -4.24. The van der Waals surface area contributed by atoms with Gasteiger partial charge in [0, 0.05) is 28.6 Å². The fourth-order valence-electron chi connectivity index (χ4n) is 3.40. The normalized spacial score (nSPS) is 22.0. The number of aromatic nitrogens is 2.